The molecule has 1 fully saturated rings. The minimum Gasteiger partial charge on any atom is -0.489 e. The highest BCUT2D eigenvalue weighted by molar-refractivity contribution is 5.97. The molecule has 0 radical (unpaired) electrons. The molecule has 0 bridgehead atoms. The molecule has 0 unspecified atom stereocenters. The third-order valence-corrected chi connectivity index (χ3v) is 7.29. The van der Waals surface area contributed by atoms with E-state index in [2.05, 4.69) is 20.9 Å². The van der Waals surface area contributed by atoms with Gasteiger partial charge in [-0.2, -0.15) is 0 Å². The Morgan fingerprint density at radius 2 is 1.68 bits per heavy atom. The van der Waals surface area contributed by atoms with Gasteiger partial charge in [-0.05, 0) is 97.6 Å². The number of hydrogen-bond donors (Lipinski definition) is 4. The second kappa shape index (κ2) is 12.8. The number of carbonyl (C=O) groups is 2. The molecule has 7 nitrogen and oxygen atoms in total. The largest absolute Gasteiger partial charge is 0.489 e. The first-order valence-corrected chi connectivity index (χ1v) is 13.6. The van der Waals surface area contributed by atoms with E-state index in [0.717, 1.165) is 27.6 Å². The fraction of sp³-hybridized carbons (Fsp3) is 0.250. The number of benzene rings is 3. The molecular weight excluding hydrogens is 526 g/mol. The van der Waals surface area contributed by atoms with Crippen LogP contribution in [0, 0.1) is 11.6 Å². The molecule has 41 heavy (non-hydrogen) atoms. The first-order valence-electron chi connectivity index (χ1n) is 13.6. The highest BCUT2D eigenvalue weighted by atomic mass is 19.1. The Morgan fingerprint density at radius 3 is 2.44 bits per heavy atom. The number of carbonyl (C=O) groups excluding carboxylic acids is 2. The van der Waals surface area contributed by atoms with Gasteiger partial charge >= 0.3 is 0 Å². The van der Waals surface area contributed by atoms with Gasteiger partial charge in [0.05, 0.1) is 0 Å². The SMILES string of the molecule is O=C(/C=C/c1ccc(OCc2ccc(F)cc2)cc1)NC1(C(=O)NCCc2c[nH]c3ccc(F)cc23)CCNCC1. The number of halogens is 2. The summed E-state index contributed by atoms with van der Waals surface area (Å²) in [5.74, 6) is -0.530. The number of aromatic nitrogens is 1. The van der Waals surface area contributed by atoms with Crippen molar-refractivity contribution >= 4 is 28.8 Å². The van der Waals surface area contributed by atoms with E-state index < -0.39 is 5.54 Å². The number of fused-ring (bicyclic) bond motifs is 1. The van der Waals surface area contributed by atoms with Crippen molar-refractivity contribution in [1.29, 1.82) is 0 Å². The van der Waals surface area contributed by atoms with Crippen molar-refractivity contribution < 1.29 is 23.1 Å². The van der Waals surface area contributed by atoms with Gasteiger partial charge < -0.3 is 25.7 Å². The number of rotatable bonds is 10. The van der Waals surface area contributed by atoms with Crippen LogP contribution in [0.4, 0.5) is 8.78 Å². The minimum absolute atomic E-state index is 0.227. The Hall–Kier alpha value is -4.50. The van der Waals surface area contributed by atoms with E-state index >= 15 is 0 Å². The Balaban J connectivity index is 1.15. The summed E-state index contributed by atoms with van der Waals surface area (Å²) < 4.78 is 32.5. The van der Waals surface area contributed by atoms with Crippen LogP contribution < -0.4 is 20.7 Å². The quantitative estimate of drug-likeness (QED) is 0.214. The fourth-order valence-electron chi connectivity index (χ4n) is 4.97. The molecular formula is C32H32F2N4O3. The van der Waals surface area contributed by atoms with E-state index in [9.17, 15) is 18.4 Å². The molecule has 4 N–H and O–H groups in total. The van der Waals surface area contributed by atoms with E-state index in [1.54, 1.807) is 36.4 Å². The number of nitrogens with one attached hydrogen (secondary N) is 4. The van der Waals surface area contributed by atoms with Gasteiger partial charge in [0.1, 0.15) is 29.5 Å². The predicted octanol–water partition coefficient (Wildman–Crippen LogP) is 4.64. The molecule has 3 aromatic carbocycles. The second-order valence-electron chi connectivity index (χ2n) is 10.1. The number of H-pyrrole nitrogens is 1. The standard InChI is InChI=1S/C32H32F2N4O3/c33-25-6-1-23(2-7-25)21-41-27-9-3-22(4-10-27)5-12-30(39)38-32(14-17-35-18-15-32)31(40)36-16-13-24-20-37-29-11-8-26(34)19-28(24)29/h1-12,19-20,35,37H,13-18,21H2,(H,36,40)(H,38,39)/b12-5+. The summed E-state index contributed by atoms with van der Waals surface area (Å²) in [6, 6.07) is 18.0. The molecule has 9 heteroatoms. The highest BCUT2D eigenvalue weighted by Crippen LogP contribution is 2.22. The maximum absolute atomic E-state index is 13.7. The van der Waals surface area contributed by atoms with Gasteiger partial charge in [-0.25, -0.2) is 8.78 Å². The number of ether oxygens (including phenoxy) is 1. The van der Waals surface area contributed by atoms with E-state index in [0.29, 0.717) is 51.3 Å². The van der Waals surface area contributed by atoms with Crippen LogP contribution in [0.2, 0.25) is 0 Å². The lowest BCUT2D eigenvalue weighted by molar-refractivity contribution is -0.133. The predicted molar refractivity (Wildman–Crippen MR) is 154 cm³/mol. The van der Waals surface area contributed by atoms with Crippen molar-refractivity contribution in [2.24, 2.45) is 0 Å². The summed E-state index contributed by atoms with van der Waals surface area (Å²) in [6.45, 7) is 1.90. The Morgan fingerprint density at radius 1 is 0.951 bits per heavy atom. The normalized spacial score (nSPS) is 14.7. The van der Waals surface area contributed by atoms with Gasteiger partial charge in [0, 0.05) is 29.7 Å². The molecule has 1 aliphatic heterocycles. The first kappa shape index (κ1) is 28.0. The van der Waals surface area contributed by atoms with Gasteiger partial charge in [-0.3, -0.25) is 9.59 Å². The van der Waals surface area contributed by atoms with Crippen molar-refractivity contribution in [3.63, 3.8) is 0 Å². The summed E-state index contributed by atoms with van der Waals surface area (Å²) in [4.78, 5) is 29.3. The maximum Gasteiger partial charge on any atom is 0.245 e. The van der Waals surface area contributed by atoms with Gasteiger partial charge in [0.25, 0.3) is 0 Å². The summed E-state index contributed by atoms with van der Waals surface area (Å²) in [7, 11) is 0. The zero-order valence-electron chi connectivity index (χ0n) is 22.5. The van der Waals surface area contributed by atoms with Crippen molar-refractivity contribution in [3.8, 4) is 5.75 Å². The van der Waals surface area contributed by atoms with Crippen LogP contribution in [-0.4, -0.2) is 42.0 Å². The van der Waals surface area contributed by atoms with Gasteiger partial charge in [-0.1, -0.05) is 24.3 Å². The maximum atomic E-state index is 13.7. The zero-order valence-corrected chi connectivity index (χ0v) is 22.5. The van der Waals surface area contributed by atoms with Crippen LogP contribution in [-0.2, 0) is 22.6 Å². The zero-order chi connectivity index (χ0) is 28.7. The van der Waals surface area contributed by atoms with E-state index in [1.807, 2.05) is 18.3 Å². The van der Waals surface area contributed by atoms with Gasteiger partial charge in [0.2, 0.25) is 11.8 Å². The molecule has 1 saturated heterocycles. The Bertz CT molecular complexity index is 1530. The van der Waals surface area contributed by atoms with Crippen LogP contribution >= 0.6 is 0 Å². The molecule has 4 aromatic rings. The van der Waals surface area contributed by atoms with Crippen molar-refractivity contribution in [1.82, 2.24) is 20.9 Å². The van der Waals surface area contributed by atoms with E-state index in [-0.39, 0.29) is 23.4 Å². The lowest BCUT2D eigenvalue weighted by Gasteiger charge is -2.36. The number of hydrogen-bond acceptors (Lipinski definition) is 4. The van der Waals surface area contributed by atoms with Crippen molar-refractivity contribution in [2.45, 2.75) is 31.4 Å². The molecule has 1 aromatic heterocycles. The number of aromatic amines is 1. The van der Waals surface area contributed by atoms with Crippen molar-refractivity contribution in [2.75, 3.05) is 19.6 Å². The molecule has 2 amide bonds. The Labute approximate surface area is 237 Å². The van der Waals surface area contributed by atoms with E-state index in [4.69, 9.17) is 4.74 Å². The topological polar surface area (TPSA) is 95.2 Å². The molecule has 1 aliphatic rings. The molecule has 0 atom stereocenters. The highest BCUT2D eigenvalue weighted by Gasteiger charge is 2.40. The van der Waals surface area contributed by atoms with Gasteiger partial charge in [0.15, 0.2) is 0 Å². The summed E-state index contributed by atoms with van der Waals surface area (Å²) in [5, 5.41) is 9.96. The lowest BCUT2D eigenvalue weighted by atomic mass is 9.87. The molecule has 212 valence electrons. The molecule has 0 spiro atoms. The van der Waals surface area contributed by atoms with Crippen LogP contribution in [0.25, 0.3) is 17.0 Å². The number of piperidine rings is 1. The summed E-state index contributed by atoms with van der Waals surface area (Å²) in [5.41, 5.74) is 2.40. The third kappa shape index (κ3) is 7.18. The monoisotopic (exact) mass is 558 g/mol. The summed E-state index contributed by atoms with van der Waals surface area (Å²) in [6.07, 6.45) is 6.40. The second-order valence-corrected chi connectivity index (χ2v) is 10.1. The molecule has 0 aliphatic carbocycles. The first-order chi connectivity index (χ1) is 19.9. The molecule has 5 rings (SSSR count). The van der Waals surface area contributed by atoms with E-state index in [1.165, 1.54) is 30.3 Å². The van der Waals surface area contributed by atoms with Crippen LogP contribution in [0.15, 0.2) is 79.0 Å². The average molecular weight is 559 g/mol. The van der Waals surface area contributed by atoms with Crippen LogP contribution in [0.1, 0.15) is 29.5 Å². The van der Waals surface area contributed by atoms with Crippen molar-refractivity contribution in [3.05, 3.63) is 107 Å². The molecule has 2 heterocycles. The lowest BCUT2D eigenvalue weighted by Crippen LogP contribution is -2.62. The third-order valence-electron chi connectivity index (χ3n) is 7.29. The smallest absolute Gasteiger partial charge is 0.245 e. The van der Waals surface area contributed by atoms with Crippen LogP contribution in [0.5, 0.6) is 5.75 Å². The number of amides is 2. The van der Waals surface area contributed by atoms with Gasteiger partial charge in [-0.15, -0.1) is 0 Å². The molecule has 0 saturated carbocycles. The average Bonchev–Trinajstić information content (AvgIpc) is 3.38. The minimum atomic E-state index is -1.02. The fourth-order valence-corrected chi connectivity index (χ4v) is 4.97. The Kier molecular flexibility index (Phi) is 8.74. The van der Waals surface area contributed by atoms with Crippen LogP contribution in [0.3, 0.4) is 0 Å². The summed E-state index contributed by atoms with van der Waals surface area (Å²) >= 11 is 0.